The van der Waals surface area contributed by atoms with E-state index in [4.69, 9.17) is 4.74 Å². The Morgan fingerprint density at radius 3 is 2.00 bits per heavy atom. The smallest absolute Gasteiger partial charge is 0.128 e. The Labute approximate surface area is 340 Å². The fraction of sp³-hybridized carbons (Fsp3) is 0.0357. The lowest BCUT2D eigenvalue weighted by atomic mass is 9.85. The lowest BCUT2D eigenvalue weighted by Crippen LogP contribution is -2.18. The van der Waals surface area contributed by atoms with Crippen molar-refractivity contribution in [3.63, 3.8) is 0 Å². The van der Waals surface area contributed by atoms with Crippen molar-refractivity contribution in [2.24, 2.45) is 0 Å². The number of benzene rings is 8. The molecule has 2 atom stereocenters. The van der Waals surface area contributed by atoms with Gasteiger partial charge < -0.3 is 9.64 Å². The zero-order chi connectivity index (χ0) is 39.0. The molecule has 0 amide bonds. The third-order valence-corrected chi connectivity index (χ3v) is 11.5. The summed E-state index contributed by atoms with van der Waals surface area (Å²) in [4.78, 5) is 2.40. The van der Waals surface area contributed by atoms with E-state index in [1.165, 1.54) is 32.7 Å². The third-order valence-electron chi connectivity index (χ3n) is 11.5. The lowest BCUT2D eigenvalue weighted by Gasteiger charge is -2.29. The van der Waals surface area contributed by atoms with Crippen LogP contribution in [0.15, 0.2) is 226 Å². The summed E-state index contributed by atoms with van der Waals surface area (Å²) in [7, 11) is 0. The normalized spacial score (nSPS) is 15.7. The molecule has 0 saturated carbocycles. The van der Waals surface area contributed by atoms with Crippen LogP contribution in [0.3, 0.4) is 0 Å². The number of para-hydroxylation sites is 1. The topological polar surface area (TPSA) is 12.5 Å². The Morgan fingerprint density at radius 1 is 0.552 bits per heavy atom. The molecule has 0 radical (unpaired) electrons. The molecule has 2 heteroatoms. The molecule has 0 N–H and O–H groups in total. The molecular weight excluding hydrogens is 703 g/mol. The molecule has 2 aliphatic rings. The highest BCUT2D eigenvalue weighted by molar-refractivity contribution is 5.95. The summed E-state index contributed by atoms with van der Waals surface area (Å²) in [5, 5.41) is 4.85. The quantitative estimate of drug-likeness (QED) is 0.137. The molecule has 8 aromatic carbocycles. The van der Waals surface area contributed by atoms with Gasteiger partial charge in [0.2, 0.25) is 0 Å². The van der Waals surface area contributed by atoms with Crippen LogP contribution >= 0.6 is 0 Å². The Balaban J connectivity index is 1.07. The van der Waals surface area contributed by atoms with Gasteiger partial charge in [0.25, 0.3) is 0 Å². The van der Waals surface area contributed by atoms with Gasteiger partial charge in [-0.1, -0.05) is 171 Å². The van der Waals surface area contributed by atoms with Crippen LogP contribution in [0, 0.1) is 0 Å². The van der Waals surface area contributed by atoms with Crippen molar-refractivity contribution >= 4 is 49.8 Å². The summed E-state index contributed by atoms with van der Waals surface area (Å²) in [6.45, 7) is 8.04. The Hall–Kier alpha value is -7.42. The van der Waals surface area contributed by atoms with Crippen LogP contribution in [0.5, 0.6) is 5.75 Å². The molecule has 0 saturated heterocycles. The number of ether oxygens (including phenoxy) is 1. The van der Waals surface area contributed by atoms with Crippen molar-refractivity contribution in [2.45, 2.75) is 12.0 Å². The standard InChI is InChI=1S/C56H41NO/c1-3-14-38(4-2)49-31-26-45(34-51(49)41-16-6-5-7-17-41)40-23-28-47(29-24-40)57(48-30-25-39-15-8-9-18-42(39)33-48)54-22-13-12-21-50(54)46-27-32-55-52(36-46)53-35-43-19-10-11-20-44(43)37-56(53)58-55/h3-37,52,55H,1-2H2/b38-14+. The number of nitrogens with zero attached hydrogens (tertiary/aromatic N) is 1. The zero-order valence-corrected chi connectivity index (χ0v) is 32.1. The first-order chi connectivity index (χ1) is 28.6. The number of allylic oxidation sites excluding steroid dienone is 6. The van der Waals surface area contributed by atoms with E-state index in [0.717, 1.165) is 61.8 Å². The molecule has 10 rings (SSSR count). The summed E-state index contributed by atoms with van der Waals surface area (Å²) >= 11 is 0. The summed E-state index contributed by atoms with van der Waals surface area (Å²) in [6.07, 6.45) is 12.6. The van der Waals surface area contributed by atoms with Crippen molar-refractivity contribution in [2.75, 3.05) is 4.90 Å². The molecule has 2 unspecified atom stereocenters. The number of fused-ring (bicyclic) bond motifs is 5. The van der Waals surface area contributed by atoms with Gasteiger partial charge in [-0.2, -0.15) is 0 Å². The van der Waals surface area contributed by atoms with E-state index in [9.17, 15) is 0 Å². The van der Waals surface area contributed by atoms with Gasteiger partial charge in [0, 0.05) is 28.4 Å². The van der Waals surface area contributed by atoms with E-state index in [0.29, 0.717) is 0 Å². The van der Waals surface area contributed by atoms with Crippen LogP contribution in [0.25, 0.3) is 54.9 Å². The van der Waals surface area contributed by atoms with Gasteiger partial charge in [-0.25, -0.2) is 0 Å². The Kier molecular flexibility index (Phi) is 9.01. The average Bonchev–Trinajstić information content (AvgIpc) is 3.64. The second kappa shape index (κ2) is 14.9. The molecule has 0 spiro atoms. The summed E-state index contributed by atoms with van der Waals surface area (Å²) in [5.74, 6) is 1.10. The van der Waals surface area contributed by atoms with Gasteiger partial charge in [0.1, 0.15) is 11.9 Å². The zero-order valence-electron chi connectivity index (χ0n) is 32.1. The van der Waals surface area contributed by atoms with E-state index in [1.807, 2.05) is 18.2 Å². The molecule has 2 nitrogen and oxygen atoms in total. The predicted molar refractivity (Wildman–Crippen MR) is 246 cm³/mol. The van der Waals surface area contributed by atoms with E-state index >= 15 is 0 Å². The van der Waals surface area contributed by atoms with E-state index in [-0.39, 0.29) is 12.0 Å². The summed E-state index contributed by atoms with van der Waals surface area (Å²) < 4.78 is 6.52. The van der Waals surface area contributed by atoms with E-state index in [1.54, 1.807) is 0 Å². The molecule has 8 aromatic rings. The van der Waals surface area contributed by atoms with Crippen molar-refractivity contribution in [3.8, 4) is 28.0 Å². The first-order valence-corrected chi connectivity index (χ1v) is 19.9. The highest BCUT2D eigenvalue weighted by Crippen LogP contribution is 2.48. The highest BCUT2D eigenvalue weighted by Gasteiger charge is 2.34. The van der Waals surface area contributed by atoms with Crippen LogP contribution in [-0.4, -0.2) is 6.10 Å². The SMILES string of the molecule is C=C/C=C(\C=C)c1ccc(-c2ccc(N(c3ccc4ccccc4c3)c3ccccc3C3=CC4c5cc6ccccc6cc5OC4C=C3)cc2)cc1-c1ccccc1. The van der Waals surface area contributed by atoms with Crippen molar-refractivity contribution in [1.82, 2.24) is 0 Å². The minimum Gasteiger partial charge on any atom is -0.485 e. The van der Waals surface area contributed by atoms with Gasteiger partial charge in [0.05, 0.1) is 5.69 Å². The predicted octanol–water partition coefficient (Wildman–Crippen LogP) is 15.1. The van der Waals surface area contributed by atoms with Crippen LogP contribution in [-0.2, 0) is 0 Å². The van der Waals surface area contributed by atoms with Crippen LogP contribution in [0.4, 0.5) is 17.1 Å². The van der Waals surface area contributed by atoms with Gasteiger partial charge >= 0.3 is 0 Å². The Morgan fingerprint density at radius 2 is 1.22 bits per heavy atom. The first-order valence-electron chi connectivity index (χ1n) is 19.9. The molecule has 0 bridgehead atoms. The fourth-order valence-corrected chi connectivity index (χ4v) is 8.65. The minimum absolute atomic E-state index is 0.0234. The van der Waals surface area contributed by atoms with Gasteiger partial charge in [-0.3, -0.25) is 0 Å². The maximum atomic E-state index is 6.52. The van der Waals surface area contributed by atoms with Crippen molar-refractivity contribution in [1.29, 1.82) is 0 Å². The molecule has 1 aliphatic carbocycles. The number of anilines is 3. The third kappa shape index (κ3) is 6.35. The lowest BCUT2D eigenvalue weighted by molar-refractivity contribution is 0.269. The molecule has 276 valence electrons. The number of rotatable bonds is 9. The fourth-order valence-electron chi connectivity index (χ4n) is 8.65. The highest BCUT2D eigenvalue weighted by atomic mass is 16.5. The molecular formula is C56H41NO. The van der Waals surface area contributed by atoms with E-state index in [2.05, 4.69) is 212 Å². The first kappa shape index (κ1) is 35.0. The minimum atomic E-state index is -0.0234. The molecule has 1 heterocycles. The summed E-state index contributed by atoms with van der Waals surface area (Å²) in [5.41, 5.74) is 13.6. The second-order valence-corrected chi connectivity index (χ2v) is 14.9. The molecule has 0 fully saturated rings. The molecule has 0 aromatic heterocycles. The Bertz CT molecular complexity index is 2970. The van der Waals surface area contributed by atoms with Crippen molar-refractivity contribution in [3.05, 3.63) is 242 Å². The van der Waals surface area contributed by atoms with Gasteiger partial charge in [0.15, 0.2) is 0 Å². The van der Waals surface area contributed by atoms with Gasteiger partial charge in [-0.05, 0) is 115 Å². The van der Waals surface area contributed by atoms with Crippen LogP contribution in [0.2, 0.25) is 0 Å². The maximum absolute atomic E-state index is 6.52. The monoisotopic (exact) mass is 743 g/mol. The second-order valence-electron chi connectivity index (χ2n) is 14.9. The summed E-state index contributed by atoms with van der Waals surface area (Å²) in [6, 6.07) is 63.4. The average molecular weight is 744 g/mol. The van der Waals surface area contributed by atoms with Crippen LogP contribution < -0.4 is 9.64 Å². The van der Waals surface area contributed by atoms with Gasteiger partial charge in [-0.15, -0.1) is 0 Å². The molecule has 58 heavy (non-hydrogen) atoms. The maximum Gasteiger partial charge on any atom is 0.128 e. The number of hydrogen-bond acceptors (Lipinski definition) is 2. The van der Waals surface area contributed by atoms with E-state index < -0.39 is 0 Å². The molecule has 1 aliphatic heterocycles. The number of hydrogen-bond donors (Lipinski definition) is 0. The van der Waals surface area contributed by atoms with Crippen LogP contribution in [0.1, 0.15) is 22.6 Å². The van der Waals surface area contributed by atoms with Crippen molar-refractivity contribution < 1.29 is 4.74 Å². The largest absolute Gasteiger partial charge is 0.485 e.